The molecule has 3 aromatic rings. The molecular weight excluding hydrogens is 398 g/mol. The second kappa shape index (κ2) is 9.46. The lowest BCUT2D eigenvalue weighted by molar-refractivity contribution is 0.0507. The highest BCUT2D eigenvalue weighted by Gasteiger charge is 2.25. The molecule has 2 aromatic heterocycles. The number of rotatable bonds is 6. The average molecular weight is 423 g/mol. The fraction of sp³-hybridized carbons (Fsp3) is 0.364. The summed E-state index contributed by atoms with van der Waals surface area (Å²) >= 11 is 0. The summed E-state index contributed by atoms with van der Waals surface area (Å²) in [4.78, 5) is 26.2. The highest BCUT2D eigenvalue weighted by atomic mass is 16.6. The van der Waals surface area contributed by atoms with Crippen LogP contribution in [0.25, 0.3) is 11.3 Å². The predicted octanol–water partition coefficient (Wildman–Crippen LogP) is 4.26. The predicted molar refractivity (Wildman–Crippen MR) is 114 cm³/mol. The molecule has 4 rings (SSSR count). The molecule has 1 amide bonds. The van der Waals surface area contributed by atoms with Gasteiger partial charge >= 0.3 is 6.09 Å². The number of benzene rings is 1. The molecule has 1 aromatic carbocycles. The third-order valence-electron chi connectivity index (χ3n) is 4.82. The minimum atomic E-state index is -0.269. The number of nitrogens with one attached hydrogen (secondary N) is 1. The van der Waals surface area contributed by atoms with Crippen LogP contribution in [0.3, 0.4) is 0 Å². The third kappa shape index (κ3) is 5.50. The fourth-order valence-corrected chi connectivity index (χ4v) is 3.33. The van der Waals surface area contributed by atoms with E-state index in [1.54, 1.807) is 17.2 Å². The Morgan fingerprint density at radius 3 is 2.81 bits per heavy atom. The molecule has 1 N–H and O–H groups in total. The van der Waals surface area contributed by atoms with Crippen molar-refractivity contribution < 1.29 is 18.7 Å². The minimum absolute atomic E-state index is 0.0133. The van der Waals surface area contributed by atoms with Crippen molar-refractivity contribution in [3.8, 4) is 17.2 Å². The second-order valence-electron chi connectivity index (χ2n) is 7.55. The van der Waals surface area contributed by atoms with Crippen LogP contribution in [0.15, 0.2) is 53.7 Å². The monoisotopic (exact) mass is 423 g/mol. The summed E-state index contributed by atoms with van der Waals surface area (Å²) in [7, 11) is 0. The van der Waals surface area contributed by atoms with Gasteiger partial charge in [-0.05, 0) is 26.0 Å². The summed E-state index contributed by atoms with van der Waals surface area (Å²) in [6.07, 6.45) is 5.58. The third-order valence-corrected chi connectivity index (χ3v) is 4.82. The Bertz CT molecular complexity index is 1000. The zero-order chi connectivity index (χ0) is 21.6. The van der Waals surface area contributed by atoms with E-state index in [1.807, 2.05) is 38.1 Å². The molecule has 1 aliphatic rings. The second-order valence-corrected chi connectivity index (χ2v) is 7.55. The smallest absolute Gasteiger partial charge is 0.410 e. The lowest BCUT2D eigenvalue weighted by atomic mass is 10.1. The van der Waals surface area contributed by atoms with Crippen molar-refractivity contribution in [2.75, 3.05) is 18.4 Å². The zero-order valence-electron chi connectivity index (χ0n) is 17.5. The number of likely N-dealkylation sites (tertiary alicyclic amines) is 1. The van der Waals surface area contributed by atoms with E-state index >= 15 is 0 Å². The van der Waals surface area contributed by atoms with Gasteiger partial charge in [0.05, 0.1) is 12.3 Å². The minimum Gasteiger partial charge on any atom is -0.474 e. The van der Waals surface area contributed by atoms with E-state index in [0.29, 0.717) is 30.5 Å². The van der Waals surface area contributed by atoms with Gasteiger partial charge in [-0.25, -0.2) is 19.7 Å². The van der Waals surface area contributed by atoms with Gasteiger partial charge in [-0.2, -0.15) is 0 Å². The van der Waals surface area contributed by atoms with Crippen LogP contribution in [0.4, 0.5) is 16.3 Å². The lowest BCUT2D eigenvalue weighted by Gasteiger charge is -2.31. The van der Waals surface area contributed by atoms with Gasteiger partial charge in [0.15, 0.2) is 12.2 Å². The molecule has 0 atom stereocenters. The molecule has 3 heterocycles. The number of carbonyl (C=O) groups excluding carboxylic acids is 1. The van der Waals surface area contributed by atoms with Gasteiger partial charge in [0.1, 0.15) is 18.2 Å². The number of piperidine rings is 1. The van der Waals surface area contributed by atoms with Gasteiger partial charge < -0.3 is 24.1 Å². The van der Waals surface area contributed by atoms with Crippen molar-refractivity contribution >= 4 is 17.6 Å². The molecule has 0 aliphatic carbocycles. The summed E-state index contributed by atoms with van der Waals surface area (Å²) in [5.74, 6) is 1.81. The van der Waals surface area contributed by atoms with Crippen LogP contribution in [0.1, 0.15) is 26.7 Å². The first-order chi connectivity index (χ1) is 15.1. The van der Waals surface area contributed by atoms with Gasteiger partial charge in [0.2, 0.25) is 5.88 Å². The van der Waals surface area contributed by atoms with Gasteiger partial charge in [-0.3, -0.25) is 0 Å². The van der Waals surface area contributed by atoms with Crippen molar-refractivity contribution in [2.24, 2.45) is 0 Å². The summed E-state index contributed by atoms with van der Waals surface area (Å²) in [6, 6.07) is 9.53. The van der Waals surface area contributed by atoms with Crippen molar-refractivity contribution in [1.82, 2.24) is 19.9 Å². The molecule has 1 saturated heterocycles. The van der Waals surface area contributed by atoms with Gasteiger partial charge in [-0.1, -0.05) is 12.1 Å². The SMILES string of the molecule is CC(C)OC(=O)N1CCC(Oc2cc(Nc3cccc(-c4cnco4)c3)ncn2)CC1. The van der Waals surface area contributed by atoms with Gasteiger partial charge in [0, 0.05) is 43.2 Å². The molecule has 0 bridgehead atoms. The number of amides is 1. The van der Waals surface area contributed by atoms with E-state index in [2.05, 4.69) is 20.3 Å². The Hall–Kier alpha value is -3.62. The largest absolute Gasteiger partial charge is 0.474 e. The number of hydrogen-bond acceptors (Lipinski definition) is 8. The number of carbonyl (C=O) groups is 1. The van der Waals surface area contributed by atoms with E-state index in [4.69, 9.17) is 13.9 Å². The van der Waals surface area contributed by atoms with E-state index in [0.717, 1.165) is 24.1 Å². The number of ether oxygens (including phenoxy) is 2. The van der Waals surface area contributed by atoms with Crippen molar-refractivity contribution in [2.45, 2.75) is 38.9 Å². The molecule has 0 unspecified atom stereocenters. The highest BCUT2D eigenvalue weighted by Crippen LogP contribution is 2.25. The number of hydrogen-bond donors (Lipinski definition) is 1. The molecule has 0 radical (unpaired) electrons. The van der Waals surface area contributed by atoms with Crippen molar-refractivity contribution in [1.29, 1.82) is 0 Å². The zero-order valence-corrected chi connectivity index (χ0v) is 17.5. The van der Waals surface area contributed by atoms with Gasteiger partial charge in [0.25, 0.3) is 0 Å². The lowest BCUT2D eigenvalue weighted by Crippen LogP contribution is -2.42. The molecule has 9 nitrogen and oxygen atoms in total. The average Bonchev–Trinajstić information content (AvgIpc) is 3.29. The topological polar surface area (TPSA) is 103 Å². The number of aromatic nitrogens is 3. The number of nitrogens with zero attached hydrogens (tertiary/aromatic N) is 4. The van der Waals surface area contributed by atoms with Crippen LogP contribution < -0.4 is 10.1 Å². The first-order valence-electron chi connectivity index (χ1n) is 10.3. The molecular formula is C22H25N5O4. The van der Waals surface area contributed by atoms with Crippen molar-refractivity contribution in [3.05, 3.63) is 49.2 Å². The highest BCUT2D eigenvalue weighted by molar-refractivity contribution is 5.68. The molecule has 162 valence electrons. The first-order valence-corrected chi connectivity index (χ1v) is 10.3. The van der Waals surface area contributed by atoms with Crippen LogP contribution in [0, 0.1) is 0 Å². The van der Waals surface area contributed by atoms with Crippen LogP contribution in [-0.2, 0) is 4.74 Å². The first kappa shape index (κ1) is 20.6. The Morgan fingerprint density at radius 2 is 2.06 bits per heavy atom. The number of oxazole rings is 1. The van der Waals surface area contributed by atoms with Crippen LogP contribution in [-0.4, -0.2) is 51.2 Å². The molecule has 1 aliphatic heterocycles. The van der Waals surface area contributed by atoms with E-state index in [-0.39, 0.29) is 18.3 Å². The summed E-state index contributed by atoms with van der Waals surface area (Å²) in [5.41, 5.74) is 1.77. The Labute approximate surface area is 180 Å². The maximum Gasteiger partial charge on any atom is 0.410 e. The molecule has 1 fully saturated rings. The Morgan fingerprint density at radius 1 is 1.23 bits per heavy atom. The van der Waals surface area contributed by atoms with Crippen LogP contribution in [0.5, 0.6) is 5.88 Å². The number of anilines is 2. The normalized spacial score (nSPS) is 14.5. The quantitative estimate of drug-likeness (QED) is 0.627. The van der Waals surface area contributed by atoms with E-state index in [1.165, 1.54) is 12.7 Å². The molecule has 0 saturated carbocycles. The maximum atomic E-state index is 12.0. The summed E-state index contributed by atoms with van der Waals surface area (Å²) < 4.78 is 16.6. The fourth-order valence-electron chi connectivity index (χ4n) is 3.33. The molecule has 9 heteroatoms. The van der Waals surface area contributed by atoms with Crippen LogP contribution >= 0.6 is 0 Å². The summed E-state index contributed by atoms with van der Waals surface area (Å²) in [5, 5.41) is 3.26. The van der Waals surface area contributed by atoms with Crippen molar-refractivity contribution in [3.63, 3.8) is 0 Å². The van der Waals surface area contributed by atoms with Gasteiger partial charge in [-0.15, -0.1) is 0 Å². The summed E-state index contributed by atoms with van der Waals surface area (Å²) in [6.45, 7) is 4.89. The molecule has 0 spiro atoms. The van der Waals surface area contributed by atoms with E-state index < -0.39 is 0 Å². The maximum absolute atomic E-state index is 12.0. The molecule has 31 heavy (non-hydrogen) atoms. The van der Waals surface area contributed by atoms with E-state index in [9.17, 15) is 4.79 Å². The Balaban J connectivity index is 1.34. The Kier molecular flexibility index (Phi) is 6.30. The van der Waals surface area contributed by atoms with Crippen LogP contribution in [0.2, 0.25) is 0 Å². The standard InChI is InChI=1S/C22H25N5O4/c1-15(2)30-22(28)27-8-6-18(7-9-27)31-21-11-20(24-13-25-21)26-17-5-3-4-16(10-17)19-12-23-14-29-19/h3-5,10-15,18H,6-9H2,1-2H3,(H,24,25,26).